The van der Waals surface area contributed by atoms with Gasteiger partial charge in [0.05, 0.1) is 0 Å². The molecule has 0 radical (unpaired) electrons. The largest absolute Gasteiger partial charge is 0.326 e. The third-order valence-electron chi connectivity index (χ3n) is 3.42. The lowest BCUT2D eigenvalue weighted by atomic mass is 10.00. The Labute approximate surface area is 104 Å². The minimum atomic E-state index is -0.482. The van der Waals surface area contributed by atoms with Crippen LogP contribution in [0.15, 0.2) is 29.3 Å². The van der Waals surface area contributed by atoms with E-state index in [1.54, 1.807) is 12.1 Å². The van der Waals surface area contributed by atoms with Crippen LogP contribution in [-0.4, -0.2) is 30.4 Å². The van der Waals surface area contributed by atoms with Crippen LogP contribution in [-0.2, 0) is 4.79 Å². The summed E-state index contributed by atoms with van der Waals surface area (Å²) in [5.41, 5.74) is 0.406. The Hall–Kier alpha value is -1.75. The number of piperidine rings is 1. The fourth-order valence-corrected chi connectivity index (χ4v) is 2.47. The first-order valence-electron chi connectivity index (χ1n) is 6.08. The van der Waals surface area contributed by atoms with Gasteiger partial charge in [-0.05, 0) is 25.2 Å². The second kappa shape index (κ2) is 4.17. The molecule has 94 valence electrons. The normalized spacial score (nSPS) is 21.8. The standard InChI is InChI=1S/C13H14FN3O/c14-10-3-1-2-9(8-10)11-12(18)17-13(16-11)4-6-15-7-5-13/h1-3,8,15H,4-7H2,(H,17,18). The van der Waals surface area contributed by atoms with Crippen molar-refractivity contribution in [2.45, 2.75) is 18.5 Å². The smallest absolute Gasteiger partial charge is 0.272 e. The lowest BCUT2D eigenvalue weighted by Gasteiger charge is -2.30. The molecule has 2 heterocycles. The highest BCUT2D eigenvalue weighted by Crippen LogP contribution is 2.26. The van der Waals surface area contributed by atoms with Crippen molar-refractivity contribution in [3.8, 4) is 0 Å². The topological polar surface area (TPSA) is 53.5 Å². The van der Waals surface area contributed by atoms with Crippen LogP contribution < -0.4 is 10.6 Å². The summed E-state index contributed by atoms with van der Waals surface area (Å²) in [5.74, 6) is -0.559. The summed E-state index contributed by atoms with van der Waals surface area (Å²) in [7, 11) is 0. The Kier molecular flexibility index (Phi) is 2.63. The van der Waals surface area contributed by atoms with Crippen LogP contribution in [0.5, 0.6) is 0 Å². The van der Waals surface area contributed by atoms with Gasteiger partial charge in [-0.25, -0.2) is 4.39 Å². The number of carbonyl (C=O) groups excluding carboxylic acids is 1. The van der Waals surface area contributed by atoms with E-state index in [1.165, 1.54) is 12.1 Å². The minimum Gasteiger partial charge on any atom is -0.326 e. The van der Waals surface area contributed by atoms with Crippen molar-refractivity contribution < 1.29 is 9.18 Å². The van der Waals surface area contributed by atoms with E-state index in [0.29, 0.717) is 11.3 Å². The van der Waals surface area contributed by atoms with E-state index >= 15 is 0 Å². The molecule has 1 saturated heterocycles. The van der Waals surface area contributed by atoms with Crippen molar-refractivity contribution in [3.05, 3.63) is 35.6 Å². The number of halogens is 1. The lowest BCUT2D eigenvalue weighted by Crippen LogP contribution is -2.49. The lowest BCUT2D eigenvalue weighted by molar-refractivity contribution is -0.115. The van der Waals surface area contributed by atoms with Crippen molar-refractivity contribution in [2.24, 2.45) is 4.99 Å². The maximum Gasteiger partial charge on any atom is 0.272 e. The van der Waals surface area contributed by atoms with Gasteiger partial charge < -0.3 is 10.6 Å². The van der Waals surface area contributed by atoms with E-state index in [9.17, 15) is 9.18 Å². The average Bonchev–Trinajstić information content (AvgIpc) is 2.67. The number of nitrogens with one attached hydrogen (secondary N) is 2. The molecule has 0 bridgehead atoms. The number of amides is 1. The van der Waals surface area contributed by atoms with Crippen molar-refractivity contribution >= 4 is 11.6 Å². The molecule has 4 nitrogen and oxygen atoms in total. The van der Waals surface area contributed by atoms with Crippen molar-refractivity contribution in [1.82, 2.24) is 10.6 Å². The number of nitrogens with zero attached hydrogens (tertiary/aromatic N) is 1. The Morgan fingerprint density at radius 2 is 2.06 bits per heavy atom. The molecule has 18 heavy (non-hydrogen) atoms. The molecule has 0 aromatic heterocycles. The summed E-state index contributed by atoms with van der Waals surface area (Å²) in [6, 6.07) is 6.01. The molecule has 2 aliphatic rings. The number of carbonyl (C=O) groups is 1. The molecule has 0 unspecified atom stereocenters. The van der Waals surface area contributed by atoms with E-state index in [1.807, 2.05) is 0 Å². The molecule has 1 fully saturated rings. The number of rotatable bonds is 1. The number of benzene rings is 1. The van der Waals surface area contributed by atoms with Crippen LogP contribution in [0.2, 0.25) is 0 Å². The SMILES string of the molecule is O=C1NC2(CCNCC2)N=C1c1cccc(F)c1. The van der Waals surface area contributed by atoms with Gasteiger partial charge in [0.1, 0.15) is 17.2 Å². The van der Waals surface area contributed by atoms with E-state index in [2.05, 4.69) is 15.6 Å². The van der Waals surface area contributed by atoms with Crippen LogP contribution >= 0.6 is 0 Å². The van der Waals surface area contributed by atoms with E-state index < -0.39 is 5.66 Å². The van der Waals surface area contributed by atoms with E-state index in [-0.39, 0.29) is 11.7 Å². The summed E-state index contributed by atoms with van der Waals surface area (Å²) in [5, 5.41) is 6.17. The van der Waals surface area contributed by atoms with Crippen LogP contribution in [0.4, 0.5) is 4.39 Å². The molecule has 1 amide bonds. The highest BCUT2D eigenvalue weighted by molar-refractivity contribution is 6.46. The van der Waals surface area contributed by atoms with Gasteiger partial charge in [-0.2, -0.15) is 0 Å². The molecule has 1 aromatic carbocycles. The predicted molar refractivity (Wildman–Crippen MR) is 65.9 cm³/mol. The van der Waals surface area contributed by atoms with Gasteiger partial charge >= 0.3 is 0 Å². The molecule has 0 atom stereocenters. The van der Waals surface area contributed by atoms with Gasteiger partial charge in [0, 0.05) is 18.4 Å². The van der Waals surface area contributed by atoms with E-state index in [4.69, 9.17) is 0 Å². The van der Waals surface area contributed by atoms with Gasteiger partial charge in [-0.15, -0.1) is 0 Å². The maximum absolute atomic E-state index is 13.2. The monoisotopic (exact) mass is 247 g/mol. The van der Waals surface area contributed by atoms with Crippen LogP contribution in [0.25, 0.3) is 0 Å². The van der Waals surface area contributed by atoms with Crippen LogP contribution in [0, 0.1) is 5.82 Å². The molecular weight excluding hydrogens is 233 g/mol. The van der Waals surface area contributed by atoms with Crippen LogP contribution in [0.3, 0.4) is 0 Å². The third kappa shape index (κ3) is 1.90. The summed E-state index contributed by atoms with van der Waals surface area (Å²) in [4.78, 5) is 16.5. The fraction of sp³-hybridized carbons (Fsp3) is 0.385. The molecule has 0 saturated carbocycles. The minimum absolute atomic E-state index is 0.206. The first-order valence-corrected chi connectivity index (χ1v) is 6.08. The van der Waals surface area contributed by atoms with Gasteiger partial charge in [0.2, 0.25) is 0 Å². The summed E-state index contributed by atoms with van der Waals surface area (Å²) in [6.45, 7) is 1.67. The van der Waals surface area contributed by atoms with Crippen molar-refractivity contribution in [3.63, 3.8) is 0 Å². The molecule has 2 aliphatic heterocycles. The highest BCUT2D eigenvalue weighted by atomic mass is 19.1. The summed E-state index contributed by atoms with van der Waals surface area (Å²) >= 11 is 0. The Bertz CT molecular complexity index is 521. The fourth-order valence-electron chi connectivity index (χ4n) is 2.47. The molecule has 5 heteroatoms. The van der Waals surface area contributed by atoms with Crippen molar-refractivity contribution in [2.75, 3.05) is 13.1 Å². The Balaban J connectivity index is 1.96. The zero-order chi connectivity index (χ0) is 12.6. The number of hydrogen-bond acceptors (Lipinski definition) is 3. The highest BCUT2D eigenvalue weighted by Gasteiger charge is 2.40. The predicted octanol–water partition coefficient (Wildman–Crippen LogP) is 0.824. The van der Waals surface area contributed by atoms with Gasteiger partial charge in [-0.3, -0.25) is 9.79 Å². The average molecular weight is 247 g/mol. The summed E-state index contributed by atoms with van der Waals surface area (Å²) in [6.07, 6.45) is 1.55. The zero-order valence-electron chi connectivity index (χ0n) is 9.87. The molecule has 0 aliphatic carbocycles. The first-order chi connectivity index (χ1) is 8.69. The van der Waals surface area contributed by atoms with Gasteiger partial charge in [0.25, 0.3) is 5.91 Å². The summed E-state index contributed by atoms with van der Waals surface area (Å²) < 4.78 is 13.2. The van der Waals surface area contributed by atoms with Crippen LogP contribution in [0.1, 0.15) is 18.4 Å². The molecule has 1 aromatic rings. The number of hydrogen-bond donors (Lipinski definition) is 2. The second-order valence-corrected chi connectivity index (χ2v) is 4.71. The maximum atomic E-state index is 13.2. The Morgan fingerprint density at radius 3 is 2.78 bits per heavy atom. The quantitative estimate of drug-likeness (QED) is 0.772. The first kappa shape index (κ1) is 11.3. The second-order valence-electron chi connectivity index (χ2n) is 4.71. The molecule has 2 N–H and O–H groups in total. The third-order valence-corrected chi connectivity index (χ3v) is 3.42. The zero-order valence-corrected chi connectivity index (χ0v) is 9.87. The van der Waals surface area contributed by atoms with Gasteiger partial charge in [-0.1, -0.05) is 12.1 Å². The number of aliphatic imine (C=N–C) groups is 1. The molecular formula is C13H14FN3O. The molecule has 1 spiro atoms. The van der Waals surface area contributed by atoms with Crippen molar-refractivity contribution in [1.29, 1.82) is 0 Å². The Morgan fingerprint density at radius 1 is 1.28 bits per heavy atom. The van der Waals surface area contributed by atoms with E-state index in [0.717, 1.165) is 25.9 Å². The molecule has 3 rings (SSSR count). The van der Waals surface area contributed by atoms with Gasteiger partial charge in [0.15, 0.2) is 0 Å².